The second kappa shape index (κ2) is 11.9. The number of rotatable bonds is 10. The van der Waals surface area contributed by atoms with Crippen LogP contribution < -0.4 is 0 Å². The van der Waals surface area contributed by atoms with E-state index < -0.39 is 61.6 Å². The van der Waals surface area contributed by atoms with Gasteiger partial charge in [-0.25, -0.2) is 4.79 Å². The zero-order chi connectivity index (χ0) is 23.0. The predicted octanol–water partition coefficient (Wildman–Crippen LogP) is -1.42. The lowest BCUT2D eigenvalue weighted by Crippen LogP contribution is -2.45. The SMILES string of the molecule is CO[C@@H](C1C/C(=N/N=C2\C=C(C(=O)O)OC([C@H](OC)[C@H](O)CO)C2)C=CO1)[C@H](O)CO. The molecular weight excluding hydrogens is 416 g/mol. The van der Waals surface area contributed by atoms with Crippen LogP contribution >= 0.6 is 0 Å². The predicted molar refractivity (Wildman–Crippen MR) is 106 cm³/mol. The molecule has 2 aliphatic rings. The van der Waals surface area contributed by atoms with Gasteiger partial charge >= 0.3 is 5.97 Å². The van der Waals surface area contributed by atoms with Crippen molar-refractivity contribution in [3.63, 3.8) is 0 Å². The molecule has 0 radical (unpaired) electrons. The molecule has 6 atom stereocenters. The summed E-state index contributed by atoms with van der Waals surface area (Å²) in [5.74, 6) is -1.72. The standard InChI is InChI=1S/C19H28N2O10/c1-28-17(12(24)8-22)14-5-10(3-4-30-14)20-21-11-6-15(18(29-2)13(25)9-23)31-16(7-11)19(26)27/h3-4,7,12-15,17-18,22-25H,5-6,8-9H2,1-2H3,(H,26,27)/b20-10+,21-11-/t12-,13-,14?,15?,17-,18-/m1/s1. The first-order valence-electron chi connectivity index (χ1n) is 9.55. The molecule has 2 unspecified atom stereocenters. The van der Waals surface area contributed by atoms with Gasteiger partial charge in [-0.05, 0) is 6.08 Å². The molecule has 12 nitrogen and oxygen atoms in total. The molecule has 0 amide bonds. The Kier molecular flexibility index (Phi) is 9.55. The molecule has 0 aromatic heterocycles. The molecule has 0 spiro atoms. The van der Waals surface area contributed by atoms with Gasteiger partial charge < -0.3 is 44.5 Å². The summed E-state index contributed by atoms with van der Waals surface area (Å²) in [5, 5.41) is 55.7. The summed E-state index contributed by atoms with van der Waals surface area (Å²) >= 11 is 0. The Morgan fingerprint density at radius 3 is 2.16 bits per heavy atom. The highest BCUT2D eigenvalue weighted by Crippen LogP contribution is 2.23. The number of carbonyl (C=O) groups is 1. The highest BCUT2D eigenvalue weighted by atomic mass is 16.6. The van der Waals surface area contributed by atoms with Crippen LogP contribution in [0.15, 0.2) is 34.4 Å². The smallest absolute Gasteiger partial charge is 0.371 e. The fourth-order valence-electron chi connectivity index (χ4n) is 3.28. The summed E-state index contributed by atoms with van der Waals surface area (Å²) in [6, 6.07) is 0. The van der Waals surface area contributed by atoms with Crippen molar-refractivity contribution in [3.05, 3.63) is 24.2 Å². The first kappa shape index (κ1) is 24.9. The summed E-state index contributed by atoms with van der Waals surface area (Å²) in [4.78, 5) is 11.4. The maximum absolute atomic E-state index is 11.4. The van der Waals surface area contributed by atoms with Crippen molar-refractivity contribution < 1.29 is 49.3 Å². The summed E-state index contributed by atoms with van der Waals surface area (Å²) in [7, 11) is 2.69. The normalized spacial score (nSPS) is 27.7. The molecule has 0 saturated carbocycles. The molecule has 0 aromatic carbocycles. The van der Waals surface area contributed by atoms with Crippen LogP contribution in [0.1, 0.15) is 12.8 Å². The second-order valence-corrected chi connectivity index (χ2v) is 6.94. The number of nitrogens with zero attached hydrogens (tertiary/aromatic N) is 2. The number of ether oxygens (including phenoxy) is 4. The van der Waals surface area contributed by atoms with Crippen molar-refractivity contribution >= 4 is 17.4 Å². The van der Waals surface area contributed by atoms with E-state index in [1.165, 1.54) is 26.6 Å². The lowest BCUT2D eigenvalue weighted by Gasteiger charge is -2.31. The van der Waals surface area contributed by atoms with Gasteiger partial charge in [-0.2, -0.15) is 10.2 Å². The quantitative estimate of drug-likeness (QED) is 0.251. The van der Waals surface area contributed by atoms with E-state index in [0.29, 0.717) is 5.71 Å². The number of hydrogen-bond acceptors (Lipinski definition) is 11. The Labute approximate surface area is 178 Å². The van der Waals surface area contributed by atoms with Crippen LogP contribution in [0.3, 0.4) is 0 Å². The van der Waals surface area contributed by atoms with Gasteiger partial charge in [0.05, 0.1) is 30.9 Å². The van der Waals surface area contributed by atoms with Crippen molar-refractivity contribution in [1.29, 1.82) is 0 Å². The van der Waals surface area contributed by atoms with E-state index in [9.17, 15) is 25.2 Å². The minimum absolute atomic E-state index is 0.0801. The Hall–Kier alpha value is -2.35. The van der Waals surface area contributed by atoms with Gasteiger partial charge in [0.2, 0.25) is 5.76 Å². The molecule has 0 saturated heterocycles. The zero-order valence-electron chi connectivity index (χ0n) is 17.2. The van der Waals surface area contributed by atoms with Crippen molar-refractivity contribution in [3.8, 4) is 0 Å². The third-order valence-corrected chi connectivity index (χ3v) is 4.84. The van der Waals surface area contributed by atoms with Gasteiger partial charge in [0.15, 0.2) is 0 Å². The highest BCUT2D eigenvalue weighted by molar-refractivity contribution is 6.03. The van der Waals surface area contributed by atoms with Gasteiger partial charge in [0.1, 0.15) is 36.6 Å². The van der Waals surface area contributed by atoms with Crippen LogP contribution in [-0.2, 0) is 23.7 Å². The van der Waals surface area contributed by atoms with E-state index in [4.69, 9.17) is 24.1 Å². The molecule has 5 N–H and O–H groups in total. The number of methoxy groups -OCH3 is 2. The second-order valence-electron chi connectivity index (χ2n) is 6.94. The molecule has 2 heterocycles. The van der Waals surface area contributed by atoms with E-state index in [2.05, 4.69) is 10.2 Å². The third kappa shape index (κ3) is 6.56. The van der Waals surface area contributed by atoms with Crippen LogP contribution in [0.4, 0.5) is 0 Å². The van der Waals surface area contributed by atoms with Crippen LogP contribution in [0.5, 0.6) is 0 Å². The Balaban J connectivity index is 2.22. The van der Waals surface area contributed by atoms with Crippen LogP contribution in [0.25, 0.3) is 0 Å². The average Bonchev–Trinajstić information content (AvgIpc) is 2.78. The van der Waals surface area contributed by atoms with Gasteiger partial charge in [-0.3, -0.25) is 0 Å². The van der Waals surface area contributed by atoms with E-state index in [1.807, 2.05) is 0 Å². The maximum Gasteiger partial charge on any atom is 0.371 e. The highest BCUT2D eigenvalue weighted by Gasteiger charge is 2.35. The number of carboxylic acids is 1. The molecule has 31 heavy (non-hydrogen) atoms. The van der Waals surface area contributed by atoms with Crippen molar-refractivity contribution in [1.82, 2.24) is 0 Å². The van der Waals surface area contributed by atoms with Crippen LogP contribution in [-0.4, -0.2) is 107 Å². The first-order chi connectivity index (χ1) is 14.8. The summed E-state index contributed by atoms with van der Waals surface area (Å²) < 4.78 is 21.2. The van der Waals surface area contributed by atoms with Gasteiger partial charge in [-0.15, -0.1) is 0 Å². The number of aliphatic carboxylic acids is 1. The van der Waals surface area contributed by atoms with E-state index in [0.717, 1.165) is 0 Å². The molecule has 2 aliphatic heterocycles. The average molecular weight is 444 g/mol. The van der Waals surface area contributed by atoms with Crippen molar-refractivity contribution in [2.24, 2.45) is 10.2 Å². The Morgan fingerprint density at radius 2 is 1.61 bits per heavy atom. The van der Waals surface area contributed by atoms with Crippen molar-refractivity contribution in [2.45, 2.75) is 49.5 Å². The van der Waals surface area contributed by atoms with Gasteiger partial charge in [0.25, 0.3) is 0 Å². The minimum Gasteiger partial charge on any atom is -0.495 e. The molecule has 174 valence electrons. The van der Waals surface area contributed by atoms with E-state index in [1.54, 1.807) is 6.08 Å². The molecular formula is C19H28N2O10. The first-order valence-corrected chi connectivity index (χ1v) is 9.55. The number of carboxylic acid groups (broad SMARTS) is 1. The molecule has 0 bridgehead atoms. The van der Waals surface area contributed by atoms with Crippen LogP contribution in [0, 0.1) is 0 Å². The lowest BCUT2D eigenvalue weighted by molar-refractivity contribution is -0.143. The number of hydrogen-bond donors (Lipinski definition) is 5. The van der Waals surface area contributed by atoms with Crippen molar-refractivity contribution in [2.75, 3.05) is 27.4 Å². The molecule has 0 aromatic rings. The fourth-order valence-corrected chi connectivity index (χ4v) is 3.28. The summed E-state index contributed by atoms with van der Waals surface area (Å²) in [6.45, 7) is -1.09. The Morgan fingerprint density at radius 1 is 1.06 bits per heavy atom. The summed E-state index contributed by atoms with van der Waals surface area (Å²) in [5.41, 5.74) is 0.742. The number of aliphatic hydroxyl groups excluding tert-OH is 4. The third-order valence-electron chi connectivity index (χ3n) is 4.84. The molecule has 0 fully saturated rings. The lowest BCUT2D eigenvalue weighted by atomic mass is 9.99. The van der Waals surface area contributed by atoms with Crippen LogP contribution in [0.2, 0.25) is 0 Å². The fraction of sp³-hybridized carbons (Fsp3) is 0.632. The largest absolute Gasteiger partial charge is 0.495 e. The van der Waals surface area contributed by atoms with E-state index >= 15 is 0 Å². The minimum atomic E-state index is -1.33. The number of allylic oxidation sites excluding steroid dienone is 2. The molecule has 2 rings (SSSR count). The molecule has 12 heteroatoms. The Bertz CT molecular complexity index is 735. The zero-order valence-corrected chi connectivity index (χ0v) is 17.2. The van der Waals surface area contributed by atoms with E-state index in [-0.39, 0.29) is 18.6 Å². The maximum atomic E-state index is 11.4. The summed E-state index contributed by atoms with van der Waals surface area (Å²) in [6.07, 6.45) is -1.26. The van der Waals surface area contributed by atoms with Gasteiger partial charge in [-0.1, -0.05) is 0 Å². The number of aliphatic hydroxyl groups is 4. The monoisotopic (exact) mass is 444 g/mol. The van der Waals surface area contributed by atoms with Gasteiger partial charge in [0, 0.05) is 33.1 Å². The topological polar surface area (TPSA) is 180 Å². The molecule has 0 aliphatic carbocycles.